The van der Waals surface area contributed by atoms with E-state index in [-0.39, 0.29) is 13.2 Å². The summed E-state index contributed by atoms with van der Waals surface area (Å²) in [5, 5.41) is 9.24. The first-order valence-electron chi connectivity index (χ1n) is 13.6. The van der Waals surface area contributed by atoms with Gasteiger partial charge in [0.05, 0.1) is 13.2 Å². The summed E-state index contributed by atoms with van der Waals surface area (Å²) < 4.78 is 20.8. The number of esters is 2. The number of aromatic nitrogens is 2. The van der Waals surface area contributed by atoms with Crippen LogP contribution in [0, 0.1) is 0 Å². The number of benzene rings is 2. The Hall–Kier alpha value is -4.54. The van der Waals surface area contributed by atoms with E-state index >= 15 is 0 Å². The van der Waals surface area contributed by atoms with Crippen LogP contribution in [0.2, 0.25) is 10.0 Å². The number of hydrogen-bond acceptors (Lipinski definition) is 10. The summed E-state index contributed by atoms with van der Waals surface area (Å²) in [5.74, 6) is -0.214. The predicted molar refractivity (Wildman–Crippen MR) is 171 cm³/mol. The fraction of sp³-hybridized carbons (Fsp3) is 0.250. The van der Waals surface area contributed by atoms with E-state index in [1.807, 2.05) is 38.0 Å². The molecule has 0 aliphatic heterocycles. The van der Waals surface area contributed by atoms with Gasteiger partial charge in [0.25, 0.3) is 0 Å². The molecule has 0 aliphatic carbocycles. The number of hydrogen-bond donors (Lipinski definition) is 0. The van der Waals surface area contributed by atoms with Gasteiger partial charge in [-0.15, -0.1) is 0 Å². The number of carbonyl (C=O) groups excluding carboxylic acids is 2. The van der Waals surface area contributed by atoms with E-state index in [1.54, 1.807) is 86.9 Å². The SMILES string of the molecule is CCOC(=O)c1c(-c2ccc(Cl)cc2)noc1/C=C/N(C)C.CCOC(=O)c1c(-c2ccc(Cl)cc2)noc1/C=C/N(C)C. The molecule has 10 nitrogen and oxygen atoms in total. The van der Waals surface area contributed by atoms with Gasteiger partial charge in [-0.1, -0.05) is 57.8 Å². The Morgan fingerprint density at radius 3 is 1.32 bits per heavy atom. The van der Waals surface area contributed by atoms with Crippen LogP contribution in [0.3, 0.4) is 0 Å². The fourth-order valence-corrected chi connectivity index (χ4v) is 3.93. The number of rotatable bonds is 10. The molecular weight excluding hydrogens is 607 g/mol. The van der Waals surface area contributed by atoms with Crippen LogP contribution in [0.15, 0.2) is 70.0 Å². The van der Waals surface area contributed by atoms with Crippen molar-refractivity contribution in [2.75, 3.05) is 41.4 Å². The number of nitrogens with zero attached hydrogens (tertiary/aromatic N) is 4. The van der Waals surface area contributed by atoms with Crippen LogP contribution in [-0.4, -0.2) is 73.5 Å². The molecule has 0 amide bonds. The highest BCUT2D eigenvalue weighted by atomic mass is 35.5. The highest BCUT2D eigenvalue weighted by Crippen LogP contribution is 2.29. The maximum absolute atomic E-state index is 12.2. The van der Waals surface area contributed by atoms with Gasteiger partial charge in [0.2, 0.25) is 0 Å². The zero-order valence-corrected chi connectivity index (χ0v) is 26.8. The molecule has 0 aliphatic rings. The maximum atomic E-state index is 12.2. The first-order valence-corrected chi connectivity index (χ1v) is 14.4. The van der Waals surface area contributed by atoms with Gasteiger partial charge in [0, 0.05) is 73.9 Å². The van der Waals surface area contributed by atoms with Gasteiger partial charge in [0.1, 0.15) is 22.5 Å². The first kappa shape index (κ1) is 34.0. The Morgan fingerprint density at radius 2 is 1.02 bits per heavy atom. The van der Waals surface area contributed by atoms with E-state index in [9.17, 15) is 9.59 Å². The third kappa shape index (κ3) is 9.23. The number of carbonyl (C=O) groups is 2. The molecule has 0 radical (unpaired) electrons. The lowest BCUT2D eigenvalue weighted by atomic mass is 10.1. The van der Waals surface area contributed by atoms with Crippen molar-refractivity contribution in [1.29, 1.82) is 0 Å². The summed E-state index contributed by atoms with van der Waals surface area (Å²) in [7, 11) is 7.49. The van der Waals surface area contributed by atoms with Crippen molar-refractivity contribution in [3.8, 4) is 22.5 Å². The van der Waals surface area contributed by atoms with Crippen LogP contribution in [0.1, 0.15) is 46.1 Å². The third-order valence-corrected chi connectivity index (χ3v) is 6.18. The van der Waals surface area contributed by atoms with Gasteiger partial charge < -0.3 is 28.3 Å². The van der Waals surface area contributed by atoms with E-state index in [2.05, 4.69) is 10.3 Å². The molecule has 232 valence electrons. The van der Waals surface area contributed by atoms with E-state index in [0.29, 0.717) is 44.1 Å². The lowest BCUT2D eigenvalue weighted by Gasteiger charge is -2.04. The zero-order valence-electron chi connectivity index (χ0n) is 25.3. The quantitative estimate of drug-likeness (QED) is 0.162. The maximum Gasteiger partial charge on any atom is 0.344 e. The minimum absolute atomic E-state index is 0.279. The molecule has 12 heteroatoms. The number of halogens is 2. The predicted octanol–water partition coefficient (Wildman–Crippen LogP) is 7.41. The molecule has 0 unspecified atom stereocenters. The second kappa shape index (κ2) is 16.3. The van der Waals surface area contributed by atoms with Gasteiger partial charge in [0.15, 0.2) is 11.5 Å². The molecule has 0 atom stereocenters. The normalized spacial score (nSPS) is 10.9. The van der Waals surface area contributed by atoms with Crippen molar-refractivity contribution < 1.29 is 28.1 Å². The summed E-state index contributed by atoms with van der Waals surface area (Å²) >= 11 is 11.8. The molecule has 4 rings (SSSR count). The monoisotopic (exact) mass is 640 g/mol. The molecule has 4 aromatic rings. The molecule has 44 heavy (non-hydrogen) atoms. The molecule has 0 spiro atoms. The average Bonchev–Trinajstić information content (AvgIpc) is 3.61. The van der Waals surface area contributed by atoms with Crippen LogP contribution in [0.25, 0.3) is 34.7 Å². The molecule has 0 fully saturated rings. The van der Waals surface area contributed by atoms with Gasteiger partial charge >= 0.3 is 11.9 Å². The second-order valence-corrected chi connectivity index (χ2v) is 10.4. The molecule has 2 aromatic carbocycles. The largest absolute Gasteiger partial charge is 0.462 e. The van der Waals surface area contributed by atoms with Crippen LogP contribution >= 0.6 is 23.2 Å². The molecule has 0 saturated carbocycles. The Labute approximate surface area is 266 Å². The Morgan fingerprint density at radius 1 is 0.682 bits per heavy atom. The van der Waals surface area contributed by atoms with Crippen molar-refractivity contribution >= 4 is 47.3 Å². The van der Waals surface area contributed by atoms with Gasteiger partial charge in [-0.05, 0) is 38.1 Å². The Bertz CT molecular complexity index is 1470. The van der Waals surface area contributed by atoms with E-state index in [0.717, 1.165) is 11.1 Å². The van der Waals surface area contributed by atoms with E-state index < -0.39 is 11.9 Å². The Balaban J connectivity index is 0.000000240. The van der Waals surface area contributed by atoms with Crippen LogP contribution in [-0.2, 0) is 9.47 Å². The third-order valence-electron chi connectivity index (χ3n) is 5.68. The van der Waals surface area contributed by atoms with Gasteiger partial charge in [-0.3, -0.25) is 0 Å². The zero-order chi connectivity index (χ0) is 32.2. The van der Waals surface area contributed by atoms with Crippen LogP contribution < -0.4 is 0 Å². The highest BCUT2D eigenvalue weighted by molar-refractivity contribution is 6.31. The standard InChI is InChI=1S/2C16H17ClN2O3/c2*1-4-21-16(20)14-13(9-10-19(2)3)22-18-15(14)11-5-7-12(17)8-6-11/h2*5-10H,4H2,1-3H3/b2*10-9+. The van der Waals surface area contributed by atoms with Crippen molar-refractivity contribution in [2.45, 2.75) is 13.8 Å². The minimum Gasteiger partial charge on any atom is -0.462 e. The molecule has 2 aromatic heterocycles. The summed E-state index contributed by atoms with van der Waals surface area (Å²) in [4.78, 5) is 28.1. The molecule has 2 heterocycles. The minimum atomic E-state index is -0.466. The van der Waals surface area contributed by atoms with Gasteiger partial charge in [-0.25, -0.2) is 9.59 Å². The number of ether oxygens (including phenoxy) is 2. The lowest BCUT2D eigenvalue weighted by molar-refractivity contribution is 0.0516. The Kier molecular flexibility index (Phi) is 12.6. The van der Waals surface area contributed by atoms with Crippen molar-refractivity contribution in [2.24, 2.45) is 0 Å². The molecule has 0 N–H and O–H groups in total. The second-order valence-electron chi connectivity index (χ2n) is 9.55. The van der Waals surface area contributed by atoms with E-state index in [4.69, 9.17) is 41.7 Å². The van der Waals surface area contributed by atoms with Crippen molar-refractivity contribution in [3.63, 3.8) is 0 Å². The van der Waals surface area contributed by atoms with Crippen molar-refractivity contribution in [1.82, 2.24) is 20.1 Å². The highest BCUT2D eigenvalue weighted by Gasteiger charge is 2.25. The topological polar surface area (TPSA) is 111 Å². The van der Waals surface area contributed by atoms with Crippen LogP contribution in [0.5, 0.6) is 0 Å². The van der Waals surface area contributed by atoms with Crippen LogP contribution in [0.4, 0.5) is 0 Å². The summed E-state index contributed by atoms with van der Waals surface area (Å²) in [6.45, 7) is 4.06. The summed E-state index contributed by atoms with van der Waals surface area (Å²) in [6.07, 6.45) is 6.90. The molecular formula is C32H34Cl2N4O6. The summed E-state index contributed by atoms with van der Waals surface area (Å²) in [6, 6.07) is 14.0. The van der Waals surface area contributed by atoms with Crippen molar-refractivity contribution in [3.05, 3.63) is 93.6 Å². The fourth-order valence-electron chi connectivity index (χ4n) is 3.68. The first-order chi connectivity index (χ1) is 21.0. The summed E-state index contributed by atoms with van der Waals surface area (Å²) in [5.41, 5.74) is 2.97. The lowest BCUT2D eigenvalue weighted by Crippen LogP contribution is -2.07. The average molecular weight is 642 g/mol. The molecule has 0 saturated heterocycles. The van der Waals surface area contributed by atoms with E-state index in [1.165, 1.54) is 0 Å². The molecule has 0 bridgehead atoms. The smallest absolute Gasteiger partial charge is 0.344 e. The van der Waals surface area contributed by atoms with Gasteiger partial charge in [-0.2, -0.15) is 0 Å².